The Morgan fingerprint density at radius 2 is 2.11 bits per heavy atom. The normalized spacial score (nSPS) is 18.3. The van der Waals surface area contributed by atoms with E-state index >= 15 is 0 Å². The maximum absolute atomic E-state index is 11.6. The first-order valence-corrected chi connectivity index (χ1v) is 6.58. The van der Waals surface area contributed by atoms with Crippen LogP contribution in [0, 0.1) is 0 Å². The molecule has 1 saturated carbocycles. The van der Waals surface area contributed by atoms with E-state index in [1.165, 1.54) is 0 Å². The summed E-state index contributed by atoms with van der Waals surface area (Å²) in [5, 5.41) is 9.28. The molecule has 2 aliphatic rings. The highest BCUT2D eigenvalue weighted by molar-refractivity contribution is 6.39. The summed E-state index contributed by atoms with van der Waals surface area (Å²) in [5.41, 5.74) is 2.61. The van der Waals surface area contributed by atoms with Crippen LogP contribution in [0.25, 0.3) is 0 Å². The van der Waals surface area contributed by atoms with E-state index in [2.05, 4.69) is 21.2 Å². The third-order valence-corrected chi connectivity index (χ3v) is 2.98. The first-order chi connectivity index (χ1) is 9.15. The van der Waals surface area contributed by atoms with Crippen molar-refractivity contribution in [1.29, 1.82) is 0 Å². The molecule has 0 saturated heterocycles. The SMILES string of the molecule is O=C1CCC(C(=O)NCCCC(=O)NC2CC2)=NN1. The predicted molar refractivity (Wildman–Crippen MR) is 68.2 cm³/mol. The summed E-state index contributed by atoms with van der Waals surface area (Å²) in [6.07, 6.45) is 3.82. The lowest BCUT2D eigenvalue weighted by Gasteiger charge is -2.11. The maximum Gasteiger partial charge on any atom is 0.267 e. The molecule has 7 heteroatoms. The van der Waals surface area contributed by atoms with E-state index in [4.69, 9.17) is 0 Å². The summed E-state index contributed by atoms with van der Waals surface area (Å²) >= 11 is 0. The fourth-order valence-electron chi connectivity index (χ4n) is 1.72. The van der Waals surface area contributed by atoms with Crippen molar-refractivity contribution in [3.05, 3.63) is 0 Å². The highest BCUT2D eigenvalue weighted by atomic mass is 16.2. The lowest BCUT2D eigenvalue weighted by molar-refractivity contribution is -0.122. The van der Waals surface area contributed by atoms with Gasteiger partial charge in [-0.05, 0) is 19.3 Å². The van der Waals surface area contributed by atoms with Crippen LogP contribution >= 0.6 is 0 Å². The first kappa shape index (κ1) is 13.5. The van der Waals surface area contributed by atoms with Gasteiger partial charge in [0, 0.05) is 31.8 Å². The summed E-state index contributed by atoms with van der Waals surface area (Å²) in [6, 6.07) is 0.377. The number of nitrogens with one attached hydrogen (secondary N) is 3. The minimum atomic E-state index is -0.275. The van der Waals surface area contributed by atoms with Crippen LogP contribution in [0.15, 0.2) is 5.10 Å². The van der Waals surface area contributed by atoms with Crippen LogP contribution < -0.4 is 16.1 Å². The highest BCUT2D eigenvalue weighted by Crippen LogP contribution is 2.18. The molecule has 0 aromatic carbocycles. The van der Waals surface area contributed by atoms with Gasteiger partial charge in [0.25, 0.3) is 5.91 Å². The molecule has 19 heavy (non-hydrogen) atoms. The molecule has 104 valence electrons. The van der Waals surface area contributed by atoms with Gasteiger partial charge in [-0.1, -0.05) is 0 Å². The number of carbonyl (C=O) groups is 3. The molecule has 1 aliphatic heterocycles. The van der Waals surface area contributed by atoms with E-state index in [1.54, 1.807) is 0 Å². The van der Waals surface area contributed by atoms with Gasteiger partial charge in [0.15, 0.2) is 0 Å². The fraction of sp³-hybridized carbons (Fsp3) is 0.667. The molecule has 1 aliphatic carbocycles. The molecule has 3 amide bonds. The Bertz CT molecular complexity index is 415. The third-order valence-electron chi connectivity index (χ3n) is 2.98. The summed E-state index contributed by atoms with van der Waals surface area (Å²) in [4.78, 5) is 33.9. The van der Waals surface area contributed by atoms with Crippen molar-refractivity contribution < 1.29 is 14.4 Å². The first-order valence-electron chi connectivity index (χ1n) is 6.58. The van der Waals surface area contributed by atoms with Gasteiger partial charge in [0.2, 0.25) is 11.8 Å². The molecule has 1 heterocycles. The van der Waals surface area contributed by atoms with Gasteiger partial charge < -0.3 is 10.6 Å². The number of hydrogen-bond acceptors (Lipinski definition) is 4. The van der Waals surface area contributed by atoms with Crippen LogP contribution in [0.3, 0.4) is 0 Å². The molecule has 0 atom stereocenters. The van der Waals surface area contributed by atoms with E-state index in [0.717, 1.165) is 12.8 Å². The van der Waals surface area contributed by atoms with Crippen molar-refractivity contribution in [3.8, 4) is 0 Å². The van der Waals surface area contributed by atoms with E-state index in [0.29, 0.717) is 37.6 Å². The van der Waals surface area contributed by atoms with Crippen molar-refractivity contribution in [2.24, 2.45) is 5.10 Å². The largest absolute Gasteiger partial charge is 0.353 e. The molecule has 0 bridgehead atoms. The van der Waals surface area contributed by atoms with E-state index in [1.807, 2.05) is 0 Å². The number of amides is 3. The Morgan fingerprint density at radius 3 is 2.74 bits per heavy atom. The molecule has 2 rings (SSSR count). The second-order valence-electron chi connectivity index (χ2n) is 4.79. The predicted octanol–water partition coefficient (Wildman–Crippen LogP) is -0.573. The molecule has 0 radical (unpaired) electrons. The Kier molecular flexibility index (Phi) is 4.48. The van der Waals surface area contributed by atoms with Crippen LogP contribution in [-0.2, 0) is 14.4 Å². The Morgan fingerprint density at radius 1 is 1.32 bits per heavy atom. The molecular weight excluding hydrogens is 248 g/mol. The van der Waals surface area contributed by atoms with E-state index in [-0.39, 0.29) is 24.1 Å². The van der Waals surface area contributed by atoms with Gasteiger partial charge in [0.05, 0.1) is 0 Å². The second kappa shape index (κ2) is 6.31. The molecule has 1 fully saturated rings. The summed E-state index contributed by atoms with van der Waals surface area (Å²) < 4.78 is 0. The van der Waals surface area contributed by atoms with Gasteiger partial charge in [-0.25, -0.2) is 5.43 Å². The molecule has 0 unspecified atom stereocenters. The zero-order chi connectivity index (χ0) is 13.7. The lowest BCUT2D eigenvalue weighted by atomic mass is 10.1. The van der Waals surface area contributed by atoms with Gasteiger partial charge in [-0.15, -0.1) is 0 Å². The second-order valence-corrected chi connectivity index (χ2v) is 4.79. The Hall–Kier alpha value is -1.92. The molecule has 0 spiro atoms. The number of hydrogen-bond donors (Lipinski definition) is 3. The van der Waals surface area contributed by atoms with Gasteiger partial charge in [-0.3, -0.25) is 14.4 Å². The molecule has 7 nitrogen and oxygen atoms in total. The summed E-state index contributed by atoms with van der Waals surface area (Å²) in [6.45, 7) is 0.434. The zero-order valence-electron chi connectivity index (χ0n) is 10.7. The lowest BCUT2D eigenvalue weighted by Crippen LogP contribution is -2.37. The van der Waals surface area contributed by atoms with Crippen LogP contribution in [0.4, 0.5) is 0 Å². The maximum atomic E-state index is 11.6. The molecule has 0 aromatic rings. The van der Waals surface area contributed by atoms with Crippen LogP contribution in [0.1, 0.15) is 38.5 Å². The number of rotatable bonds is 6. The molecule has 0 aromatic heterocycles. The van der Waals surface area contributed by atoms with Gasteiger partial charge in [-0.2, -0.15) is 5.10 Å². The number of nitrogens with zero attached hydrogens (tertiary/aromatic N) is 1. The quantitative estimate of drug-likeness (QED) is 0.561. The number of carbonyl (C=O) groups excluding carboxylic acids is 3. The Balaban J connectivity index is 1.58. The third kappa shape index (κ3) is 4.69. The van der Waals surface area contributed by atoms with Crippen LogP contribution in [0.5, 0.6) is 0 Å². The Labute approximate surface area is 111 Å². The standard InChI is InChI=1S/C12H18N4O3/c17-10(14-8-3-4-8)2-1-7-13-12(19)9-5-6-11(18)16-15-9/h8H,1-7H2,(H,13,19)(H,14,17)(H,16,18). The van der Waals surface area contributed by atoms with Gasteiger partial charge >= 0.3 is 0 Å². The summed E-state index contributed by atoms with van der Waals surface area (Å²) in [7, 11) is 0. The number of hydrazone groups is 1. The van der Waals surface area contributed by atoms with Crippen LogP contribution in [0.2, 0.25) is 0 Å². The van der Waals surface area contributed by atoms with Crippen LogP contribution in [-0.4, -0.2) is 36.0 Å². The summed E-state index contributed by atoms with van der Waals surface area (Å²) in [5.74, 6) is -0.407. The molecule has 3 N–H and O–H groups in total. The smallest absolute Gasteiger partial charge is 0.267 e. The van der Waals surface area contributed by atoms with Crippen molar-refractivity contribution in [2.45, 2.75) is 44.6 Å². The minimum absolute atomic E-state index is 0.0408. The average molecular weight is 266 g/mol. The monoisotopic (exact) mass is 266 g/mol. The van der Waals surface area contributed by atoms with Gasteiger partial charge in [0.1, 0.15) is 5.71 Å². The minimum Gasteiger partial charge on any atom is -0.353 e. The van der Waals surface area contributed by atoms with Crippen molar-refractivity contribution in [3.63, 3.8) is 0 Å². The van der Waals surface area contributed by atoms with Crippen molar-refractivity contribution in [2.75, 3.05) is 6.54 Å². The topological polar surface area (TPSA) is 99.7 Å². The van der Waals surface area contributed by atoms with Crippen molar-refractivity contribution in [1.82, 2.24) is 16.1 Å². The highest BCUT2D eigenvalue weighted by Gasteiger charge is 2.23. The van der Waals surface area contributed by atoms with E-state index in [9.17, 15) is 14.4 Å². The van der Waals surface area contributed by atoms with E-state index < -0.39 is 0 Å². The molecular formula is C12H18N4O3. The fourth-order valence-corrected chi connectivity index (χ4v) is 1.72. The average Bonchev–Trinajstić information content (AvgIpc) is 3.19. The zero-order valence-corrected chi connectivity index (χ0v) is 10.7. The van der Waals surface area contributed by atoms with Crippen molar-refractivity contribution >= 4 is 23.4 Å².